The first-order valence-electron chi connectivity index (χ1n) is 4.26. The standard InChI is InChI=1S/C10H5BrCl2N2O/c11-7-5-6(12)1-2-8(7)16-9-3-4-14-10(13)15-9/h1-5H. The lowest BCUT2D eigenvalue weighted by molar-refractivity contribution is 0.459. The molecule has 0 bridgehead atoms. The maximum Gasteiger partial charge on any atom is 0.225 e. The summed E-state index contributed by atoms with van der Waals surface area (Å²) in [5, 5.41) is 0.766. The fourth-order valence-corrected chi connectivity index (χ4v) is 1.95. The molecule has 0 unspecified atom stereocenters. The summed E-state index contributed by atoms with van der Waals surface area (Å²) in [5.41, 5.74) is 0. The molecule has 2 rings (SSSR count). The highest BCUT2D eigenvalue weighted by Gasteiger charge is 2.04. The predicted molar refractivity (Wildman–Crippen MR) is 66.3 cm³/mol. The van der Waals surface area contributed by atoms with Gasteiger partial charge in [0.05, 0.1) is 4.47 Å². The van der Waals surface area contributed by atoms with Gasteiger partial charge in [-0.2, -0.15) is 4.98 Å². The van der Waals surface area contributed by atoms with Crippen molar-refractivity contribution in [2.24, 2.45) is 0 Å². The van der Waals surface area contributed by atoms with Crippen molar-refractivity contribution in [1.82, 2.24) is 9.97 Å². The van der Waals surface area contributed by atoms with Gasteiger partial charge >= 0.3 is 0 Å². The van der Waals surface area contributed by atoms with Crippen LogP contribution in [0.3, 0.4) is 0 Å². The molecular weight excluding hydrogens is 315 g/mol. The Morgan fingerprint density at radius 1 is 1.19 bits per heavy atom. The van der Waals surface area contributed by atoms with Crippen LogP contribution in [0.2, 0.25) is 10.3 Å². The molecule has 0 fully saturated rings. The van der Waals surface area contributed by atoms with Crippen molar-refractivity contribution in [2.45, 2.75) is 0 Å². The maximum absolute atomic E-state index is 5.81. The molecule has 0 spiro atoms. The van der Waals surface area contributed by atoms with Gasteiger partial charge in [-0.3, -0.25) is 0 Å². The molecule has 1 aromatic heterocycles. The predicted octanol–water partition coefficient (Wildman–Crippen LogP) is 4.34. The van der Waals surface area contributed by atoms with Gasteiger partial charge in [-0.1, -0.05) is 11.6 Å². The number of hydrogen-bond donors (Lipinski definition) is 0. The van der Waals surface area contributed by atoms with Crippen molar-refractivity contribution in [3.8, 4) is 11.6 Å². The van der Waals surface area contributed by atoms with Crippen LogP contribution in [-0.4, -0.2) is 9.97 Å². The summed E-state index contributed by atoms with van der Waals surface area (Å²) in [6.45, 7) is 0. The Morgan fingerprint density at radius 3 is 2.69 bits per heavy atom. The summed E-state index contributed by atoms with van der Waals surface area (Å²) in [7, 11) is 0. The lowest BCUT2D eigenvalue weighted by Gasteiger charge is -2.06. The van der Waals surface area contributed by atoms with Gasteiger partial charge in [0.25, 0.3) is 0 Å². The molecule has 82 valence electrons. The first-order valence-corrected chi connectivity index (χ1v) is 5.81. The molecule has 0 saturated heterocycles. The molecule has 0 radical (unpaired) electrons. The van der Waals surface area contributed by atoms with Gasteiger partial charge in [-0.05, 0) is 45.7 Å². The quantitative estimate of drug-likeness (QED) is 0.772. The summed E-state index contributed by atoms with van der Waals surface area (Å²) < 4.78 is 6.25. The zero-order valence-corrected chi connectivity index (χ0v) is 10.9. The summed E-state index contributed by atoms with van der Waals surface area (Å²) in [6, 6.07) is 6.82. The Morgan fingerprint density at radius 2 is 2.00 bits per heavy atom. The van der Waals surface area contributed by atoms with Crippen LogP contribution in [0.25, 0.3) is 0 Å². The van der Waals surface area contributed by atoms with Crippen molar-refractivity contribution in [1.29, 1.82) is 0 Å². The first kappa shape index (κ1) is 11.6. The van der Waals surface area contributed by atoms with Crippen LogP contribution < -0.4 is 4.74 Å². The van der Waals surface area contributed by atoms with Crippen LogP contribution in [0.1, 0.15) is 0 Å². The normalized spacial score (nSPS) is 10.2. The average molecular weight is 320 g/mol. The molecule has 16 heavy (non-hydrogen) atoms. The number of aromatic nitrogens is 2. The zero-order chi connectivity index (χ0) is 11.5. The molecule has 1 heterocycles. The van der Waals surface area contributed by atoms with Crippen molar-refractivity contribution in [3.05, 3.63) is 45.2 Å². The SMILES string of the molecule is Clc1ccc(Oc2ccnc(Cl)n2)c(Br)c1. The molecule has 2 aromatic rings. The van der Waals surface area contributed by atoms with E-state index in [2.05, 4.69) is 25.9 Å². The van der Waals surface area contributed by atoms with E-state index in [1.807, 2.05) is 0 Å². The first-order chi connectivity index (χ1) is 7.65. The molecule has 0 atom stereocenters. The zero-order valence-electron chi connectivity index (χ0n) is 7.82. The summed E-state index contributed by atoms with van der Waals surface area (Å²) in [4.78, 5) is 7.67. The summed E-state index contributed by atoms with van der Waals surface area (Å²) >= 11 is 14.8. The number of hydrogen-bond acceptors (Lipinski definition) is 3. The highest BCUT2D eigenvalue weighted by Crippen LogP contribution is 2.31. The lowest BCUT2D eigenvalue weighted by atomic mass is 10.3. The number of benzene rings is 1. The van der Waals surface area contributed by atoms with E-state index in [1.54, 1.807) is 24.3 Å². The third-order valence-corrected chi connectivity index (χ3v) is 2.75. The minimum atomic E-state index is 0.141. The minimum absolute atomic E-state index is 0.141. The Kier molecular flexibility index (Phi) is 3.63. The van der Waals surface area contributed by atoms with E-state index in [1.165, 1.54) is 6.20 Å². The van der Waals surface area contributed by atoms with Crippen LogP contribution in [0.5, 0.6) is 11.6 Å². The second-order valence-electron chi connectivity index (χ2n) is 2.84. The Balaban J connectivity index is 2.27. The highest BCUT2D eigenvalue weighted by molar-refractivity contribution is 9.10. The number of ether oxygens (including phenoxy) is 1. The summed E-state index contributed by atoms with van der Waals surface area (Å²) in [5.74, 6) is 0.988. The van der Waals surface area contributed by atoms with E-state index in [4.69, 9.17) is 27.9 Å². The molecule has 0 aliphatic rings. The van der Waals surface area contributed by atoms with Crippen LogP contribution in [0, 0.1) is 0 Å². The van der Waals surface area contributed by atoms with E-state index in [-0.39, 0.29) is 5.28 Å². The van der Waals surface area contributed by atoms with E-state index >= 15 is 0 Å². The summed E-state index contributed by atoms with van der Waals surface area (Å²) in [6.07, 6.45) is 1.52. The van der Waals surface area contributed by atoms with E-state index < -0.39 is 0 Å². The van der Waals surface area contributed by atoms with Crippen LogP contribution in [0.4, 0.5) is 0 Å². The average Bonchev–Trinajstić information content (AvgIpc) is 2.22. The number of rotatable bonds is 2. The number of nitrogens with zero attached hydrogens (tertiary/aromatic N) is 2. The smallest absolute Gasteiger partial charge is 0.225 e. The fraction of sp³-hybridized carbons (Fsp3) is 0. The molecule has 3 nitrogen and oxygen atoms in total. The molecular formula is C10H5BrCl2N2O. The van der Waals surface area contributed by atoms with Gasteiger partial charge < -0.3 is 4.74 Å². The third-order valence-electron chi connectivity index (χ3n) is 1.71. The van der Waals surface area contributed by atoms with Crippen molar-refractivity contribution < 1.29 is 4.74 Å². The highest BCUT2D eigenvalue weighted by atomic mass is 79.9. The van der Waals surface area contributed by atoms with E-state index in [0.717, 1.165) is 4.47 Å². The Hall–Kier alpha value is -0.840. The van der Waals surface area contributed by atoms with Crippen LogP contribution in [-0.2, 0) is 0 Å². The van der Waals surface area contributed by atoms with Crippen molar-refractivity contribution in [3.63, 3.8) is 0 Å². The van der Waals surface area contributed by atoms with Crippen molar-refractivity contribution in [2.75, 3.05) is 0 Å². The van der Waals surface area contributed by atoms with E-state index in [9.17, 15) is 0 Å². The minimum Gasteiger partial charge on any atom is -0.438 e. The van der Waals surface area contributed by atoms with Gasteiger partial charge in [0, 0.05) is 17.3 Å². The molecule has 0 aliphatic heterocycles. The van der Waals surface area contributed by atoms with Gasteiger partial charge in [0.2, 0.25) is 11.2 Å². The monoisotopic (exact) mass is 318 g/mol. The second-order valence-corrected chi connectivity index (χ2v) is 4.47. The van der Waals surface area contributed by atoms with Gasteiger partial charge in [-0.25, -0.2) is 4.98 Å². The Bertz CT molecular complexity index is 522. The van der Waals surface area contributed by atoms with Crippen LogP contribution >= 0.6 is 39.1 Å². The fourth-order valence-electron chi connectivity index (χ4n) is 1.05. The second kappa shape index (κ2) is 4.99. The van der Waals surface area contributed by atoms with Gasteiger partial charge in [0.15, 0.2) is 0 Å². The van der Waals surface area contributed by atoms with Crippen molar-refractivity contribution >= 4 is 39.1 Å². The Labute approximate surface area is 111 Å². The largest absolute Gasteiger partial charge is 0.438 e. The third kappa shape index (κ3) is 2.84. The molecule has 1 aromatic carbocycles. The van der Waals surface area contributed by atoms with Crippen LogP contribution in [0.15, 0.2) is 34.9 Å². The molecule has 0 aliphatic carbocycles. The number of halogens is 3. The van der Waals surface area contributed by atoms with E-state index in [0.29, 0.717) is 16.7 Å². The lowest BCUT2D eigenvalue weighted by Crippen LogP contribution is -1.90. The molecule has 0 amide bonds. The molecule has 6 heteroatoms. The van der Waals surface area contributed by atoms with Gasteiger partial charge in [0.1, 0.15) is 5.75 Å². The van der Waals surface area contributed by atoms with Gasteiger partial charge in [-0.15, -0.1) is 0 Å². The maximum atomic E-state index is 5.81. The molecule has 0 N–H and O–H groups in total. The topological polar surface area (TPSA) is 35.0 Å². The molecule has 0 saturated carbocycles.